The Bertz CT molecular complexity index is 825. The van der Waals surface area contributed by atoms with Crippen LogP contribution in [0.2, 0.25) is 0 Å². The van der Waals surface area contributed by atoms with E-state index in [0.29, 0.717) is 5.92 Å². The van der Waals surface area contributed by atoms with Crippen molar-refractivity contribution in [3.8, 4) is 5.69 Å². The minimum atomic E-state index is 0.203. The Morgan fingerprint density at radius 3 is 2.72 bits per heavy atom. The van der Waals surface area contributed by atoms with Gasteiger partial charge in [-0.15, -0.1) is 0 Å². The zero-order valence-electron chi connectivity index (χ0n) is 14.4. The Hall–Kier alpha value is -2.44. The van der Waals surface area contributed by atoms with Crippen LogP contribution < -0.4 is 0 Å². The van der Waals surface area contributed by atoms with E-state index in [-0.39, 0.29) is 12.5 Å². The Balaban J connectivity index is 1.46. The van der Waals surface area contributed by atoms with Gasteiger partial charge in [0.1, 0.15) is 0 Å². The molecule has 1 aromatic carbocycles. The first-order chi connectivity index (χ1) is 12.2. The van der Waals surface area contributed by atoms with Crippen LogP contribution in [-0.4, -0.2) is 49.3 Å². The van der Waals surface area contributed by atoms with Crippen molar-refractivity contribution in [2.45, 2.75) is 12.5 Å². The maximum Gasteiger partial charge on any atom is 0.0769 e. The van der Waals surface area contributed by atoms with Crippen molar-refractivity contribution in [3.63, 3.8) is 0 Å². The summed E-state index contributed by atoms with van der Waals surface area (Å²) in [5.41, 5.74) is 3.32. The maximum absolute atomic E-state index is 9.77. The van der Waals surface area contributed by atoms with Gasteiger partial charge in [-0.3, -0.25) is 9.58 Å². The van der Waals surface area contributed by atoms with E-state index in [9.17, 15) is 5.11 Å². The van der Waals surface area contributed by atoms with Gasteiger partial charge in [0, 0.05) is 57.5 Å². The van der Waals surface area contributed by atoms with Crippen molar-refractivity contribution < 1.29 is 5.11 Å². The number of aromatic nitrogens is 4. The van der Waals surface area contributed by atoms with Gasteiger partial charge >= 0.3 is 0 Å². The monoisotopic (exact) mass is 337 g/mol. The number of nitrogens with zero attached hydrogens (tertiary/aromatic N) is 5. The van der Waals surface area contributed by atoms with E-state index in [1.165, 1.54) is 5.56 Å². The van der Waals surface area contributed by atoms with Gasteiger partial charge in [0.2, 0.25) is 0 Å². The van der Waals surface area contributed by atoms with Crippen LogP contribution in [0.25, 0.3) is 5.69 Å². The second-order valence-electron chi connectivity index (χ2n) is 6.78. The minimum absolute atomic E-state index is 0.203. The lowest BCUT2D eigenvalue weighted by Crippen LogP contribution is -2.21. The lowest BCUT2D eigenvalue weighted by molar-refractivity contribution is 0.213. The molecule has 3 aromatic rings. The largest absolute Gasteiger partial charge is 0.396 e. The number of benzene rings is 1. The smallest absolute Gasteiger partial charge is 0.0769 e. The summed E-state index contributed by atoms with van der Waals surface area (Å²) in [5, 5.41) is 18.7. The van der Waals surface area contributed by atoms with Gasteiger partial charge in [0.15, 0.2) is 0 Å². The summed E-state index contributed by atoms with van der Waals surface area (Å²) < 4.78 is 3.74. The number of hydrogen-bond donors (Lipinski definition) is 1. The number of hydrogen-bond acceptors (Lipinski definition) is 4. The number of rotatable bonds is 5. The summed E-state index contributed by atoms with van der Waals surface area (Å²) in [6.07, 6.45) is 5.98. The van der Waals surface area contributed by atoms with Gasteiger partial charge < -0.3 is 5.11 Å². The highest BCUT2D eigenvalue weighted by molar-refractivity contribution is 5.30. The summed E-state index contributed by atoms with van der Waals surface area (Å²) in [6.45, 7) is 2.81. The number of para-hydroxylation sites is 1. The third-order valence-corrected chi connectivity index (χ3v) is 4.95. The second kappa shape index (κ2) is 6.82. The first-order valence-corrected chi connectivity index (χ1v) is 8.64. The molecule has 0 unspecified atom stereocenters. The molecule has 0 radical (unpaired) electrons. The van der Waals surface area contributed by atoms with E-state index in [1.54, 1.807) is 0 Å². The van der Waals surface area contributed by atoms with E-state index in [4.69, 9.17) is 5.10 Å². The Kier molecular flexibility index (Phi) is 4.38. The van der Waals surface area contributed by atoms with Gasteiger partial charge in [-0.25, -0.2) is 4.68 Å². The first kappa shape index (κ1) is 16.1. The van der Waals surface area contributed by atoms with Crippen LogP contribution in [0.4, 0.5) is 0 Å². The fourth-order valence-corrected chi connectivity index (χ4v) is 3.68. The van der Waals surface area contributed by atoms with E-state index in [1.807, 2.05) is 59.1 Å². The molecule has 3 heterocycles. The predicted molar refractivity (Wildman–Crippen MR) is 95.4 cm³/mol. The lowest BCUT2D eigenvalue weighted by atomic mass is 9.92. The summed E-state index contributed by atoms with van der Waals surface area (Å²) in [7, 11) is 1.93. The molecule has 1 fully saturated rings. The molecule has 1 aliphatic heterocycles. The van der Waals surface area contributed by atoms with Gasteiger partial charge in [-0.05, 0) is 23.8 Å². The molecule has 2 atom stereocenters. The van der Waals surface area contributed by atoms with Crippen molar-refractivity contribution in [2.24, 2.45) is 13.0 Å². The zero-order valence-corrected chi connectivity index (χ0v) is 14.4. The Morgan fingerprint density at radius 2 is 2.00 bits per heavy atom. The van der Waals surface area contributed by atoms with Crippen LogP contribution in [0.15, 0.2) is 55.0 Å². The fraction of sp³-hybridized carbons (Fsp3) is 0.368. The average Bonchev–Trinajstić information content (AvgIpc) is 3.35. The van der Waals surface area contributed by atoms with Gasteiger partial charge in [-0.2, -0.15) is 10.2 Å². The second-order valence-corrected chi connectivity index (χ2v) is 6.78. The standard InChI is InChI=1S/C19H23N5O/c1-22-10-15(9-20-22)19-13-23(11-16(19)14-25)12-17-7-8-24(21-17)18-5-3-2-4-6-18/h2-10,16,19,25H,11-14H2,1H3/t16-,19-/m0/s1. The third kappa shape index (κ3) is 3.36. The Labute approximate surface area is 147 Å². The first-order valence-electron chi connectivity index (χ1n) is 8.64. The quantitative estimate of drug-likeness (QED) is 0.771. The summed E-state index contributed by atoms with van der Waals surface area (Å²) in [5.74, 6) is 0.579. The molecular formula is C19H23N5O. The van der Waals surface area contributed by atoms with Crippen molar-refractivity contribution >= 4 is 0 Å². The predicted octanol–water partition coefficient (Wildman–Crippen LogP) is 1.81. The van der Waals surface area contributed by atoms with E-state index in [2.05, 4.69) is 22.3 Å². The van der Waals surface area contributed by atoms with Crippen LogP contribution in [0.3, 0.4) is 0 Å². The zero-order chi connectivity index (χ0) is 17.2. The topological polar surface area (TPSA) is 59.1 Å². The number of aryl methyl sites for hydroxylation is 1. The molecule has 1 aliphatic rings. The van der Waals surface area contributed by atoms with Crippen LogP contribution in [0.1, 0.15) is 17.2 Å². The molecule has 4 rings (SSSR count). The molecule has 1 saturated heterocycles. The number of aliphatic hydroxyl groups excluding tert-OH is 1. The third-order valence-electron chi connectivity index (χ3n) is 4.95. The Morgan fingerprint density at radius 1 is 1.16 bits per heavy atom. The molecule has 130 valence electrons. The van der Waals surface area contributed by atoms with Gasteiger partial charge in [0.05, 0.1) is 17.6 Å². The summed E-state index contributed by atoms with van der Waals surface area (Å²) in [6, 6.07) is 12.2. The molecule has 6 heteroatoms. The van der Waals surface area contributed by atoms with Crippen molar-refractivity contribution in [1.29, 1.82) is 0 Å². The molecule has 0 saturated carbocycles. The summed E-state index contributed by atoms with van der Waals surface area (Å²) in [4.78, 5) is 2.37. The van der Waals surface area contributed by atoms with E-state index < -0.39 is 0 Å². The minimum Gasteiger partial charge on any atom is -0.396 e. The van der Waals surface area contributed by atoms with Crippen LogP contribution in [0, 0.1) is 5.92 Å². The highest BCUT2D eigenvalue weighted by Crippen LogP contribution is 2.32. The molecule has 25 heavy (non-hydrogen) atoms. The van der Waals surface area contributed by atoms with Crippen LogP contribution >= 0.6 is 0 Å². The lowest BCUT2D eigenvalue weighted by Gasteiger charge is -2.14. The highest BCUT2D eigenvalue weighted by Gasteiger charge is 2.34. The molecule has 0 aliphatic carbocycles. The molecular weight excluding hydrogens is 314 g/mol. The van der Waals surface area contributed by atoms with Crippen LogP contribution in [0.5, 0.6) is 0 Å². The molecule has 0 spiro atoms. The SMILES string of the molecule is Cn1cc([C@@H]2CN(Cc3ccn(-c4ccccc4)n3)C[C@H]2CO)cn1. The number of aliphatic hydroxyl groups is 1. The van der Waals surface area contributed by atoms with Crippen molar-refractivity contribution in [3.05, 3.63) is 66.2 Å². The highest BCUT2D eigenvalue weighted by atomic mass is 16.3. The normalized spacial score (nSPS) is 21.0. The molecule has 0 bridgehead atoms. The molecule has 1 N–H and O–H groups in total. The van der Waals surface area contributed by atoms with Crippen LogP contribution in [-0.2, 0) is 13.6 Å². The number of likely N-dealkylation sites (tertiary alicyclic amines) is 1. The fourth-order valence-electron chi connectivity index (χ4n) is 3.68. The van der Waals surface area contributed by atoms with Crippen molar-refractivity contribution in [2.75, 3.05) is 19.7 Å². The van der Waals surface area contributed by atoms with Gasteiger partial charge in [-0.1, -0.05) is 18.2 Å². The van der Waals surface area contributed by atoms with E-state index >= 15 is 0 Å². The molecule has 0 amide bonds. The van der Waals surface area contributed by atoms with E-state index in [0.717, 1.165) is 31.0 Å². The maximum atomic E-state index is 9.77. The summed E-state index contributed by atoms with van der Waals surface area (Å²) >= 11 is 0. The molecule has 6 nitrogen and oxygen atoms in total. The molecule has 2 aromatic heterocycles. The average molecular weight is 337 g/mol. The van der Waals surface area contributed by atoms with Crippen molar-refractivity contribution in [1.82, 2.24) is 24.5 Å². The van der Waals surface area contributed by atoms with Gasteiger partial charge in [0.25, 0.3) is 0 Å².